The zero-order valence-electron chi connectivity index (χ0n) is 39.6. The maximum Gasteiger partial charge on any atom is 0.253 e. The fraction of sp³-hybridized carbons (Fsp3) is 0.520. The first-order valence-electron chi connectivity index (χ1n) is 22.8. The number of aliphatic hydroxyl groups is 1. The van der Waals surface area contributed by atoms with E-state index in [0.29, 0.717) is 52.0 Å². The van der Waals surface area contributed by atoms with Crippen LogP contribution in [0, 0.1) is 38.9 Å². The molecule has 1 aliphatic carbocycles. The minimum atomic E-state index is -0.854. The van der Waals surface area contributed by atoms with Crippen molar-refractivity contribution in [2.24, 2.45) is 16.2 Å². The number of hydrogen-bond donors (Lipinski definition) is 4. The molecule has 356 valence electrons. The van der Waals surface area contributed by atoms with Crippen molar-refractivity contribution in [1.82, 2.24) is 30.7 Å². The second kappa shape index (κ2) is 19.7. The summed E-state index contributed by atoms with van der Waals surface area (Å²) in [6.45, 7) is 18.8. The molecule has 0 bridgehead atoms. The Bertz CT molecular complexity index is 2440. The number of nitrogens with one attached hydrogen (secondary N) is 3. The second-order valence-corrected chi connectivity index (χ2v) is 20.3. The Kier molecular flexibility index (Phi) is 14.4. The molecule has 3 aliphatic heterocycles. The summed E-state index contributed by atoms with van der Waals surface area (Å²) in [5.74, 6) is 1.03. The van der Waals surface area contributed by atoms with E-state index in [-0.39, 0.29) is 53.7 Å². The molecule has 2 aromatic carbocycles. The van der Waals surface area contributed by atoms with E-state index >= 15 is 0 Å². The number of ether oxygens (including phenoxy) is 3. The molecule has 7 rings (SSSR count). The van der Waals surface area contributed by atoms with Crippen LogP contribution < -0.4 is 30.3 Å². The normalized spacial score (nSPS) is 24.2. The van der Waals surface area contributed by atoms with E-state index in [9.17, 15) is 30.0 Å². The summed E-state index contributed by atoms with van der Waals surface area (Å²) >= 11 is 6.25. The maximum atomic E-state index is 14.1. The van der Waals surface area contributed by atoms with E-state index in [0.717, 1.165) is 44.2 Å². The van der Waals surface area contributed by atoms with Crippen LogP contribution in [0.3, 0.4) is 0 Å². The second-order valence-electron chi connectivity index (χ2n) is 19.8. The first-order chi connectivity index (χ1) is 31.8. The lowest BCUT2D eigenvalue weighted by atomic mass is 9.49. The number of benzene rings is 2. The van der Waals surface area contributed by atoms with Crippen molar-refractivity contribution in [1.29, 1.82) is 10.5 Å². The molecule has 0 radical (unpaired) electrons. The SMILES string of the molecule is COc1cc(C#N)ccc1[C@H](C)NC(=O)[C@@H]1C[C@@H](O)CN1C(=O)[C@H]1NC(COCCN2CCN(c3ccc(C(=O)NC4C(C)(C)C(Oc5ccc(C#N)c(Cl)c5)C4(C)C)cn3)CC2)=CC1(C)C. The first kappa shape index (κ1) is 49.0. The van der Waals surface area contributed by atoms with Crippen LogP contribution in [0.5, 0.6) is 11.5 Å². The van der Waals surface area contributed by atoms with E-state index in [1.807, 2.05) is 39.0 Å². The van der Waals surface area contributed by atoms with Crippen molar-refractivity contribution in [3.8, 4) is 23.6 Å². The topological polar surface area (TPSA) is 205 Å². The van der Waals surface area contributed by atoms with Gasteiger partial charge in [-0.3, -0.25) is 19.3 Å². The lowest BCUT2D eigenvalue weighted by Crippen LogP contribution is -2.74. The van der Waals surface area contributed by atoms with E-state index in [1.54, 1.807) is 42.6 Å². The van der Waals surface area contributed by atoms with Crippen molar-refractivity contribution < 1.29 is 33.7 Å². The molecule has 3 aromatic rings. The van der Waals surface area contributed by atoms with Crippen molar-refractivity contribution >= 4 is 35.1 Å². The monoisotopic (exact) mass is 935 g/mol. The van der Waals surface area contributed by atoms with Gasteiger partial charge >= 0.3 is 0 Å². The standard InChI is InChI=1S/C50H62ClN9O7/c1-30(37-13-9-31(25-52)21-40(37)65-8)55-44(63)39-22-35(61)28-60(39)45(64)42-48(2,3)24-34(56-42)29-66-20-19-58-15-17-59(18-16-58)41-14-11-33(27-54-41)43(62)57-46-49(4,5)47(50(46,6)7)67-36-12-10-32(26-53)38(51)23-36/h9-14,21,23-24,27,30,35,39,42,46-47,56,61H,15-20,22,28-29H2,1-8H3,(H,55,63)(H,57,62)/t30-,35+,39-,42+,46?,47?/m0/s1. The lowest BCUT2D eigenvalue weighted by Gasteiger charge is -2.63. The largest absolute Gasteiger partial charge is 0.496 e. The zero-order chi connectivity index (χ0) is 48.4. The fourth-order valence-corrected chi connectivity index (χ4v) is 10.7. The van der Waals surface area contributed by atoms with Gasteiger partial charge in [0.25, 0.3) is 5.91 Å². The zero-order valence-corrected chi connectivity index (χ0v) is 40.3. The number of methoxy groups -OCH3 is 1. The summed E-state index contributed by atoms with van der Waals surface area (Å²) < 4.78 is 17.9. The van der Waals surface area contributed by atoms with Gasteiger partial charge in [-0.05, 0) is 43.3 Å². The van der Waals surface area contributed by atoms with E-state index < -0.39 is 29.6 Å². The van der Waals surface area contributed by atoms with Gasteiger partial charge in [0.15, 0.2) is 0 Å². The number of piperazine rings is 1. The van der Waals surface area contributed by atoms with Crippen LogP contribution in [0.2, 0.25) is 5.02 Å². The van der Waals surface area contributed by atoms with Gasteiger partial charge in [0, 0.05) is 91.5 Å². The molecule has 3 amide bonds. The van der Waals surface area contributed by atoms with Crippen LogP contribution in [-0.2, 0) is 14.3 Å². The van der Waals surface area contributed by atoms with E-state index in [2.05, 4.69) is 70.6 Å². The molecule has 1 aromatic heterocycles. The molecular formula is C50H62ClN9O7. The summed E-state index contributed by atoms with van der Waals surface area (Å²) in [6, 6.07) is 15.8. The van der Waals surface area contributed by atoms with Crippen LogP contribution in [0.25, 0.3) is 0 Å². The lowest BCUT2D eigenvalue weighted by molar-refractivity contribution is -0.164. The smallest absolute Gasteiger partial charge is 0.253 e. The number of aromatic nitrogens is 1. The molecule has 4 aliphatic rings. The number of rotatable bonds is 15. The van der Waals surface area contributed by atoms with E-state index in [1.165, 1.54) is 12.0 Å². The number of anilines is 1. The van der Waals surface area contributed by atoms with Crippen LogP contribution in [0.1, 0.15) is 88.0 Å². The predicted octanol–water partition coefficient (Wildman–Crippen LogP) is 4.96. The number of carbonyl (C=O) groups excluding carboxylic acids is 3. The van der Waals surface area contributed by atoms with Crippen LogP contribution in [0.4, 0.5) is 5.82 Å². The Hall–Kier alpha value is -5.91. The van der Waals surface area contributed by atoms with E-state index in [4.69, 9.17) is 25.8 Å². The molecule has 4 heterocycles. The number of β-amino-alcohol motifs (C(OH)–C–C–N with tert-alkyl or cyclic N) is 1. The number of halogens is 1. The Labute approximate surface area is 398 Å². The third-order valence-corrected chi connectivity index (χ3v) is 14.2. The predicted molar refractivity (Wildman–Crippen MR) is 252 cm³/mol. The number of nitriles is 2. The third-order valence-electron chi connectivity index (χ3n) is 13.9. The number of aliphatic hydroxyl groups excluding tert-OH is 1. The van der Waals surface area contributed by atoms with Gasteiger partial charge in [-0.15, -0.1) is 0 Å². The number of amides is 3. The molecule has 1 saturated carbocycles. The molecule has 17 heteroatoms. The minimum Gasteiger partial charge on any atom is -0.496 e. The molecule has 0 unspecified atom stereocenters. The average molecular weight is 937 g/mol. The fourth-order valence-electron chi connectivity index (χ4n) is 10.5. The van der Waals surface area contributed by atoms with Gasteiger partial charge in [0.1, 0.15) is 41.6 Å². The number of nitrogens with zero attached hydrogens (tertiary/aromatic N) is 6. The van der Waals surface area contributed by atoms with Crippen molar-refractivity contribution in [2.45, 2.75) is 91.3 Å². The number of hydrogen-bond acceptors (Lipinski definition) is 13. The highest BCUT2D eigenvalue weighted by Gasteiger charge is 2.64. The summed E-state index contributed by atoms with van der Waals surface area (Å²) in [5.41, 5.74) is 1.44. The average Bonchev–Trinajstić information content (AvgIpc) is 3.86. The highest BCUT2D eigenvalue weighted by molar-refractivity contribution is 6.31. The van der Waals surface area contributed by atoms with Crippen molar-refractivity contribution in [2.75, 3.05) is 64.5 Å². The van der Waals surface area contributed by atoms with Gasteiger partial charge in [0.05, 0.1) is 60.3 Å². The molecule has 3 fully saturated rings. The molecular weight excluding hydrogens is 874 g/mol. The van der Waals surface area contributed by atoms with Gasteiger partial charge in [-0.1, -0.05) is 65.3 Å². The minimum absolute atomic E-state index is 0.0489. The van der Waals surface area contributed by atoms with Crippen molar-refractivity contribution in [3.63, 3.8) is 0 Å². The summed E-state index contributed by atoms with van der Waals surface area (Å²) in [6.07, 6.45) is 2.71. The highest BCUT2D eigenvalue weighted by Crippen LogP contribution is 2.55. The summed E-state index contributed by atoms with van der Waals surface area (Å²) in [4.78, 5) is 51.9. The maximum absolute atomic E-state index is 14.1. The Morgan fingerprint density at radius 1 is 1.00 bits per heavy atom. The van der Waals surface area contributed by atoms with Crippen LogP contribution in [0.15, 0.2) is 66.5 Å². The number of carbonyl (C=O) groups is 3. The molecule has 4 N–H and O–H groups in total. The van der Waals surface area contributed by atoms with Crippen molar-refractivity contribution in [3.05, 3.63) is 93.8 Å². The quantitative estimate of drug-likeness (QED) is 0.149. The molecule has 67 heavy (non-hydrogen) atoms. The number of likely N-dealkylation sites (tertiary alicyclic amines) is 1. The summed E-state index contributed by atoms with van der Waals surface area (Å²) in [5, 5.41) is 39.0. The van der Waals surface area contributed by atoms with Gasteiger partial charge < -0.3 is 45.1 Å². The van der Waals surface area contributed by atoms with Gasteiger partial charge in [-0.25, -0.2) is 4.98 Å². The molecule has 16 nitrogen and oxygen atoms in total. The number of pyridine rings is 1. The van der Waals surface area contributed by atoms with Crippen LogP contribution >= 0.6 is 11.6 Å². The third kappa shape index (κ3) is 10.3. The highest BCUT2D eigenvalue weighted by atomic mass is 35.5. The van der Waals surface area contributed by atoms with Gasteiger partial charge in [-0.2, -0.15) is 10.5 Å². The van der Waals surface area contributed by atoms with Crippen LogP contribution in [-0.4, -0.2) is 128 Å². The Morgan fingerprint density at radius 2 is 1.73 bits per heavy atom. The Balaban J connectivity index is 0.833. The molecule has 2 saturated heterocycles. The first-order valence-corrected chi connectivity index (χ1v) is 23.2. The summed E-state index contributed by atoms with van der Waals surface area (Å²) in [7, 11) is 1.50. The molecule has 0 spiro atoms. The van der Waals surface area contributed by atoms with Gasteiger partial charge in [0.2, 0.25) is 11.8 Å². The molecule has 4 atom stereocenters. The Morgan fingerprint density at radius 3 is 2.37 bits per heavy atom.